The Bertz CT molecular complexity index is 1620. The molecule has 0 aliphatic heterocycles. The molecular formula is C36H42O8. The summed E-state index contributed by atoms with van der Waals surface area (Å²) in [6, 6.07) is 13.6. The van der Waals surface area contributed by atoms with E-state index in [4.69, 9.17) is 0 Å². The van der Waals surface area contributed by atoms with Gasteiger partial charge in [0.15, 0.2) is 17.2 Å². The zero-order valence-corrected chi connectivity index (χ0v) is 26.1. The molecule has 8 nitrogen and oxygen atoms in total. The number of phenols is 1. The molecule has 8 heteroatoms. The number of aryl methyl sites for hydroxylation is 2. The molecular weight excluding hydrogens is 560 g/mol. The summed E-state index contributed by atoms with van der Waals surface area (Å²) < 4.78 is 0. The first-order chi connectivity index (χ1) is 20.6. The Labute approximate surface area is 257 Å². The Kier molecular flexibility index (Phi) is 7.70. The van der Waals surface area contributed by atoms with Crippen LogP contribution in [0.4, 0.5) is 0 Å². The van der Waals surface area contributed by atoms with Crippen LogP contribution in [0.25, 0.3) is 0 Å². The second kappa shape index (κ2) is 10.7. The van der Waals surface area contributed by atoms with Gasteiger partial charge in [0.25, 0.3) is 0 Å². The van der Waals surface area contributed by atoms with Gasteiger partial charge < -0.3 is 25.5 Å². The molecule has 6 atom stereocenters. The number of aromatic hydroxyl groups is 1. The van der Waals surface area contributed by atoms with Crippen molar-refractivity contribution in [3.8, 4) is 5.75 Å². The topological polar surface area (TPSA) is 152 Å². The summed E-state index contributed by atoms with van der Waals surface area (Å²) in [5, 5.41) is 59.1. The number of Topliss-reactive ketones (excluding diaryl/α,β-unsaturated/α-hetero) is 3. The van der Waals surface area contributed by atoms with Crippen LogP contribution in [0.1, 0.15) is 87.4 Å². The van der Waals surface area contributed by atoms with Gasteiger partial charge in [0, 0.05) is 16.7 Å². The number of hydrogen-bond donors (Lipinski definition) is 5. The number of phenolic OH excluding ortho intramolecular Hbond substituents is 1. The Balaban J connectivity index is 1.63. The van der Waals surface area contributed by atoms with Gasteiger partial charge in [-0.15, -0.1) is 0 Å². The summed E-state index contributed by atoms with van der Waals surface area (Å²) in [7, 11) is 0. The standard InChI is InChI=1S/C36H42O8/c1-18(2)26-29(39)24(20(4)37)31(41)36(44)32(42)27-30(40)25-23(19(3)34(27,5)33(43)35(26,36)6)17-16-22(28(25)38)15-11-10-14-21-12-8-7-9-13-21/h7-9,12-13,16-19,26,33,38-39,42-44H,10-11,14-15H2,1-6H3/t19-,26?,33-,34+,35+,36+/m1/s1. The smallest absolute Gasteiger partial charge is 0.209 e. The van der Waals surface area contributed by atoms with E-state index in [0.717, 1.165) is 26.2 Å². The summed E-state index contributed by atoms with van der Waals surface area (Å²) in [6.45, 7) is 9.28. The Morgan fingerprint density at radius 3 is 2.16 bits per heavy atom. The molecule has 3 aliphatic rings. The first kappa shape index (κ1) is 31.7. The molecule has 3 aliphatic carbocycles. The van der Waals surface area contributed by atoms with Crippen LogP contribution in [0, 0.1) is 22.7 Å². The minimum atomic E-state index is -2.89. The largest absolute Gasteiger partial charge is 0.511 e. The minimum Gasteiger partial charge on any atom is -0.511 e. The number of fused-ring (bicyclic) bond motifs is 3. The lowest BCUT2D eigenvalue weighted by molar-refractivity contribution is -0.211. The maximum atomic E-state index is 14.3. The lowest BCUT2D eigenvalue weighted by atomic mass is 9.41. The van der Waals surface area contributed by atoms with Gasteiger partial charge in [-0.1, -0.05) is 77.1 Å². The highest BCUT2D eigenvalue weighted by atomic mass is 16.4. The highest BCUT2D eigenvalue weighted by Gasteiger charge is 2.76. The monoisotopic (exact) mass is 602 g/mol. The fourth-order valence-corrected chi connectivity index (χ4v) is 8.47. The molecule has 0 spiro atoms. The van der Waals surface area contributed by atoms with Crippen molar-refractivity contribution < 1.29 is 39.9 Å². The lowest BCUT2D eigenvalue weighted by Crippen LogP contribution is -2.73. The molecule has 0 aromatic heterocycles. The molecule has 0 heterocycles. The molecule has 5 N–H and O–H groups in total. The normalized spacial score (nSPS) is 31.6. The molecule has 0 fully saturated rings. The average molecular weight is 603 g/mol. The highest BCUT2D eigenvalue weighted by molar-refractivity contribution is 6.25. The minimum absolute atomic E-state index is 0.0367. The van der Waals surface area contributed by atoms with Crippen molar-refractivity contribution in [1.82, 2.24) is 0 Å². The molecule has 0 amide bonds. The summed E-state index contributed by atoms with van der Waals surface area (Å²) in [5.74, 6) is -6.87. The van der Waals surface area contributed by atoms with E-state index in [-0.39, 0.29) is 16.9 Å². The van der Waals surface area contributed by atoms with E-state index in [1.165, 1.54) is 12.5 Å². The van der Waals surface area contributed by atoms with Gasteiger partial charge in [-0.25, -0.2) is 0 Å². The summed E-state index contributed by atoms with van der Waals surface area (Å²) in [5.41, 5.74) is -5.17. The van der Waals surface area contributed by atoms with Gasteiger partial charge in [-0.05, 0) is 61.1 Å². The van der Waals surface area contributed by atoms with E-state index >= 15 is 0 Å². The van der Waals surface area contributed by atoms with Gasteiger partial charge in [0.1, 0.15) is 22.8 Å². The molecule has 5 rings (SSSR count). The van der Waals surface area contributed by atoms with Crippen molar-refractivity contribution in [2.24, 2.45) is 22.7 Å². The molecule has 234 valence electrons. The van der Waals surface area contributed by atoms with Crippen LogP contribution >= 0.6 is 0 Å². The van der Waals surface area contributed by atoms with Gasteiger partial charge in [0.05, 0.1) is 17.2 Å². The Hall–Kier alpha value is -3.75. The van der Waals surface area contributed by atoms with Crippen molar-refractivity contribution in [3.63, 3.8) is 0 Å². The third-order valence-electron chi connectivity index (χ3n) is 10.9. The molecule has 2 aromatic rings. The van der Waals surface area contributed by atoms with Crippen LogP contribution in [-0.2, 0) is 22.4 Å². The average Bonchev–Trinajstić information content (AvgIpc) is 2.96. The SMILES string of the molecule is CC(=O)C1=C(O)C(C(C)C)[C@@]2(C)[C@H](O)[C@]3(C)C(=C(O)[C@@]2(O)C1=O)C(=O)c1c(ccc(CCCCc2ccccc2)c1O)[C@H]3C. The fraction of sp³-hybridized carbons (Fsp3) is 0.472. The second-order valence-corrected chi connectivity index (χ2v) is 13.6. The molecule has 44 heavy (non-hydrogen) atoms. The fourth-order valence-electron chi connectivity index (χ4n) is 8.47. The zero-order valence-electron chi connectivity index (χ0n) is 26.1. The van der Waals surface area contributed by atoms with Crippen molar-refractivity contribution in [2.75, 3.05) is 0 Å². The van der Waals surface area contributed by atoms with Gasteiger partial charge >= 0.3 is 0 Å². The van der Waals surface area contributed by atoms with E-state index in [0.29, 0.717) is 17.5 Å². The second-order valence-electron chi connectivity index (χ2n) is 13.6. The number of carbonyl (C=O) groups excluding carboxylic acids is 3. The van der Waals surface area contributed by atoms with Crippen molar-refractivity contribution in [1.29, 1.82) is 0 Å². The summed E-state index contributed by atoms with van der Waals surface area (Å²) in [6.07, 6.45) is 1.35. The molecule has 0 saturated heterocycles. The van der Waals surface area contributed by atoms with Crippen molar-refractivity contribution in [3.05, 3.63) is 87.4 Å². The number of hydrogen-bond acceptors (Lipinski definition) is 8. The Morgan fingerprint density at radius 1 is 0.955 bits per heavy atom. The van der Waals surface area contributed by atoms with Gasteiger partial charge in [-0.3, -0.25) is 14.4 Å². The Morgan fingerprint density at radius 2 is 1.57 bits per heavy atom. The maximum absolute atomic E-state index is 14.3. The predicted molar refractivity (Wildman–Crippen MR) is 164 cm³/mol. The van der Waals surface area contributed by atoms with E-state index < -0.39 is 74.7 Å². The van der Waals surface area contributed by atoms with Gasteiger partial charge in [0.2, 0.25) is 5.78 Å². The number of ketones is 3. The number of aliphatic hydroxyl groups is 4. The quantitative estimate of drug-likeness (QED) is 0.207. The van der Waals surface area contributed by atoms with Crippen LogP contribution in [0.2, 0.25) is 0 Å². The van der Waals surface area contributed by atoms with Crippen LogP contribution in [0.5, 0.6) is 5.75 Å². The molecule has 0 radical (unpaired) electrons. The van der Waals surface area contributed by atoms with Crippen molar-refractivity contribution >= 4 is 17.3 Å². The number of allylic oxidation sites excluding steroid dienone is 1. The van der Waals surface area contributed by atoms with E-state index in [9.17, 15) is 39.9 Å². The number of carbonyl (C=O) groups is 3. The number of benzene rings is 2. The van der Waals surface area contributed by atoms with Crippen LogP contribution < -0.4 is 0 Å². The summed E-state index contributed by atoms with van der Waals surface area (Å²) >= 11 is 0. The highest BCUT2D eigenvalue weighted by Crippen LogP contribution is 2.67. The van der Waals surface area contributed by atoms with Gasteiger partial charge in [-0.2, -0.15) is 0 Å². The first-order valence-electron chi connectivity index (χ1n) is 15.3. The third kappa shape index (κ3) is 4.00. The van der Waals surface area contributed by atoms with Crippen LogP contribution in [0.15, 0.2) is 65.1 Å². The first-order valence-corrected chi connectivity index (χ1v) is 15.3. The molecule has 0 saturated carbocycles. The van der Waals surface area contributed by atoms with E-state index in [1.807, 2.05) is 18.2 Å². The zero-order chi connectivity index (χ0) is 32.5. The molecule has 2 aromatic carbocycles. The maximum Gasteiger partial charge on any atom is 0.209 e. The third-order valence-corrected chi connectivity index (χ3v) is 10.9. The number of rotatable bonds is 7. The number of unbranched alkanes of at least 4 members (excludes halogenated alkanes) is 1. The van der Waals surface area contributed by atoms with Crippen molar-refractivity contribution in [2.45, 2.75) is 84.8 Å². The lowest BCUT2D eigenvalue weighted by Gasteiger charge is -2.63. The van der Waals surface area contributed by atoms with E-state index in [2.05, 4.69) is 12.1 Å². The van der Waals surface area contributed by atoms with E-state index in [1.54, 1.807) is 39.8 Å². The predicted octanol–water partition coefficient (Wildman–Crippen LogP) is 5.44. The molecule has 0 bridgehead atoms. The van der Waals surface area contributed by atoms with Crippen LogP contribution in [0.3, 0.4) is 0 Å². The number of aliphatic hydroxyl groups excluding tert-OH is 3. The van der Waals surface area contributed by atoms with Crippen LogP contribution in [-0.4, -0.2) is 54.6 Å². The summed E-state index contributed by atoms with van der Waals surface area (Å²) in [4.78, 5) is 40.8. The molecule has 1 unspecified atom stereocenters.